The van der Waals surface area contributed by atoms with Crippen LogP contribution in [0.5, 0.6) is 0 Å². The lowest BCUT2D eigenvalue weighted by Gasteiger charge is -2.10. The molecule has 2 aromatic carbocycles. The number of anilines is 2. The lowest BCUT2D eigenvalue weighted by Crippen LogP contribution is -2.03. The van der Waals surface area contributed by atoms with Gasteiger partial charge in [-0.05, 0) is 18.2 Å². The zero-order valence-corrected chi connectivity index (χ0v) is 10.5. The average molecular weight is 302 g/mol. The van der Waals surface area contributed by atoms with E-state index in [2.05, 4.69) is 5.32 Å². The first kappa shape index (κ1) is 14.2. The van der Waals surface area contributed by atoms with Crippen molar-refractivity contribution in [3.05, 3.63) is 58.4 Å². The number of carboxylic acids is 1. The van der Waals surface area contributed by atoms with Crippen molar-refractivity contribution in [3.8, 4) is 0 Å². The van der Waals surface area contributed by atoms with Crippen LogP contribution in [0, 0.1) is 17.5 Å². The van der Waals surface area contributed by atoms with E-state index in [4.69, 9.17) is 16.7 Å². The van der Waals surface area contributed by atoms with Crippen LogP contribution in [0.1, 0.15) is 10.4 Å². The Kier molecular flexibility index (Phi) is 3.85. The summed E-state index contributed by atoms with van der Waals surface area (Å²) in [5, 5.41) is 11.7. The minimum Gasteiger partial charge on any atom is -0.478 e. The number of rotatable bonds is 3. The predicted octanol–water partition coefficient (Wildman–Crippen LogP) is 4.20. The summed E-state index contributed by atoms with van der Waals surface area (Å²) in [6.45, 7) is 0. The number of hydrogen-bond acceptors (Lipinski definition) is 2. The third-order valence-corrected chi connectivity index (χ3v) is 2.71. The quantitative estimate of drug-likeness (QED) is 0.835. The number of benzene rings is 2. The molecule has 104 valence electrons. The maximum absolute atomic E-state index is 13.1. The van der Waals surface area contributed by atoms with Gasteiger partial charge in [0.2, 0.25) is 0 Å². The van der Waals surface area contributed by atoms with E-state index < -0.39 is 23.4 Å². The fourth-order valence-electron chi connectivity index (χ4n) is 1.59. The highest BCUT2D eigenvalue weighted by Crippen LogP contribution is 2.26. The maximum Gasteiger partial charge on any atom is 0.337 e. The van der Waals surface area contributed by atoms with Crippen LogP contribution in [0.15, 0.2) is 30.3 Å². The van der Waals surface area contributed by atoms with Gasteiger partial charge in [0, 0.05) is 22.8 Å². The molecule has 0 amide bonds. The molecule has 0 saturated carbocycles. The minimum atomic E-state index is -1.59. The molecule has 0 unspecified atom stereocenters. The molecule has 0 aliphatic rings. The zero-order chi connectivity index (χ0) is 14.9. The summed E-state index contributed by atoms with van der Waals surface area (Å²) >= 11 is 5.67. The molecular weight excluding hydrogens is 295 g/mol. The second kappa shape index (κ2) is 5.42. The van der Waals surface area contributed by atoms with Crippen molar-refractivity contribution in [1.29, 1.82) is 0 Å². The molecule has 0 aliphatic carbocycles. The summed E-state index contributed by atoms with van der Waals surface area (Å²) < 4.78 is 39.0. The largest absolute Gasteiger partial charge is 0.478 e. The van der Waals surface area contributed by atoms with Crippen molar-refractivity contribution in [1.82, 2.24) is 0 Å². The first-order valence-corrected chi connectivity index (χ1v) is 5.70. The SMILES string of the molecule is O=C(O)c1cc(Cl)ccc1Nc1cc(F)c(F)c(F)c1. The first-order valence-electron chi connectivity index (χ1n) is 5.33. The van der Waals surface area contributed by atoms with Crippen molar-refractivity contribution >= 4 is 28.9 Å². The highest BCUT2D eigenvalue weighted by molar-refractivity contribution is 6.31. The number of hydrogen-bond donors (Lipinski definition) is 2. The molecule has 0 aliphatic heterocycles. The third-order valence-electron chi connectivity index (χ3n) is 2.47. The van der Waals surface area contributed by atoms with Gasteiger partial charge >= 0.3 is 5.97 Å². The lowest BCUT2D eigenvalue weighted by molar-refractivity contribution is 0.0698. The van der Waals surface area contributed by atoms with E-state index >= 15 is 0 Å². The minimum absolute atomic E-state index is 0.0762. The van der Waals surface area contributed by atoms with Gasteiger partial charge in [-0.25, -0.2) is 18.0 Å². The molecule has 0 atom stereocenters. The van der Waals surface area contributed by atoms with Gasteiger partial charge in [0.05, 0.1) is 11.3 Å². The molecule has 0 heterocycles. The monoisotopic (exact) mass is 301 g/mol. The van der Waals surface area contributed by atoms with Gasteiger partial charge < -0.3 is 10.4 Å². The fraction of sp³-hybridized carbons (Fsp3) is 0. The Morgan fingerprint density at radius 1 is 1.10 bits per heavy atom. The van der Waals surface area contributed by atoms with Crippen LogP contribution in [0.25, 0.3) is 0 Å². The number of nitrogens with one attached hydrogen (secondary N) is 1. The van der Waals surface area contributed by atoms with E-state index in [9.17, 15) is 18.0 Å². The topological polar surface area (TPSA) is 49.3 Å². The number of halogens is 4. The van der Waals surface area contributed by atoms with Crippen molar-refractivity contribution in [2.45, 2.75) is 0 Å². The Labute approximate surface area is 116 Å². The number of carboxylic acid groups (broad SMARTS) is 1. The van der Waals surface area contributed by atoms with Gasteiger partial charge in [-0.1, -0.05) is 11.6 Å². The smallest absolute Gasteiger partial charge is 0.337 e. The summed E-state index contributed by atoms with van der Waals surface area (Å²) in [5.41, 5.74) is -0.221. The number of aromatic carboxylic acids is 1. The second-order valence-corrected chi connectivity index (χ2v) is 4.31. The van der Waals surface area contributed by atoms with Crippen molar-refractivity contribution in [2.24, 2.45) is 0 Å². The van der Waals surface area contributed by atoms with Crippen LogP contribution in [0.4, 0.5) is 24.5 Å². The highest BCUT2D eigenvalue weighted by atomic mass is 35.5. The van der Waals surface area contributed by atoms with Crippen molar-refractivity contribution < 1.29 is 23.1 Å². The van der Waals surface area contributed by atoms with Crippen LogP contribution in [0.2, 0.25) is 5.02 Å². The van der Waals surface area contributed by atoms with Gasteiger partial charge in [0.25, 0.3) is 0 Å². The number of carbonyl (C=O) groups is 1. The Balaban J connectivity index is 2.42. The predicted molar refractivity (Wildman–Crippen MR) is 68.0 cm³/mol. The molecule has 0 radical (unpaired) electrons. The molecular formula is C13H7ClF3NO2. The molecule has 0 saturated heterocycles. The van der Waals surface area contributed by atoms with Gasteiger partial charge in [-0.2, -0.15) is 0 Å². The van der Waals surface area contributed by atoms with E-state index in [1.165, 1.54) is 18.2 Å². The second-order valence-electron chi connectivity index (χ2n) is 3.87. The molecule has 3 nitrogen and oxygen atoms in total. The van der Waals surface area contributed by atoms with Crippen LogP contribution in [0.3, 0.4) is 0 Å². The Morgan fingerprint density at radius 3 is 2.25 bits per heavy atom. The molecule has 7 heteroatoms. The summed E-state index contributed by atoms with van der Waals surface area (Å²) in [6, 6.07) is 5.37. The van der Waals surface area contributed by atoms with E-state index in [0.29, 0.717) is 0 Å². The van der Waals surface area contributed by atoms with Crippen LogP contribution in [-0.4, -0.2) is 11.1 Å². The molecule has 20 heavy (non-hydrogen) atoms. The standard InChI is InChI=1S/C13H7ClF3NO2/c14-6-1-2-11(8(3-6)13(19)20)18-7-4-9(15)12(17)10(16)5-7/h1-5,18H,(H,19,20). The van der Waals surface area contributed by atoms with Crippen molar-refractivity contribution in [3.63, 3.8) is 0 Å². The van der Waals surface area contributed by atoms with Gasteiger partial charge in [-0.15, -0.1) is 0 Å². The van der Waals surface area contributed by atoms with Gasteiger partial charge in [-0.3, -0.25) is 0 Å². The zero-order valence-electron chi connectivity index (χ0n) is 9.75. The molecule has 0 spiro atoms. The van der Waals surface area contributed by atoms with Gasteiger partial charge in [0.15, 0.2) is 17.5 Å². The van der Waals surface area contributed by atoms with E-state index in [1.807, 2.05) is 0 Å². The summed E-state index contributed by atoms with van der Waals surface area (Å²) in [5.74, 6) is -5.61. The Morgan fingerprint density at radius 2 is 1.70 bits per heavy atom. The Hall–Kier alpha value is -2.21. The molecule has 2 N–H and O–H groups in total. The van der Waals surface area contributed by atoms with Crippen LogP contribution >= 0.6 is 11.6 Å². The molecule has 2 rings (SSSR count). The summed E-state index contributed by atoms with van der Waals surface area (Å²) in [4.78, 5) is 11.0. The summed E-state index contributed by atoms with van der Waals surface area (Å²) in [6.07, 6.45) is 0. The lowest BCUT2D eigenvalue weighted by atomic mass is 10.1. The molecule has 2 aromatic rings. The van der Waals surface area contributed by atoms with Gasteiger partial charge in [0.1, 0.15) is 0 Å². The van der Waals surface area contributed by atoms with Crippen LogP contribution in [-0.2, 0) is 0 Å². The summed E-state index contributed by atoms with van der Waals surface area (Å²) in [7, 11) is 0. The first-order chi connectivity index (χ1) is 9.38. The molecule has 0 fully saturated rings. The average Bonchev–Trinajstić information content (AvgIpc) is 2.37. The van der Waals surface area contributed by atoms with E-state index in [-0.39, 0.29) is 22.0 Å². The van der Waals surface area contributed by atoms with Crippen molar-refractivity contribution in [2.75, 3.05) is 5.32 Å². The Bertz CT molecular complexity index is 668. The van der Waals surface area contributed by atoms with E-state index in [1.54, 1.807) is 0 Å². The highest BCUT2D eigenvalue weighted by Gasteiger charge is 2.14. The molecule has 0 aromatic heterocycles. The molecule has 0 bridgehead atoms. The third kappa shape index (κ3) is 2.85. The van der Waals surface area contributed by atoms with Crippen LogP contribution < -0.4 is 5.32 Å². The normalized spacial score (nSPS) is 10.4. The fourth-order valence-corrected chi connectivity index (χ4v) is 1.76. The maximum atomic E-state index is 13.1. The van der Waals surface area contributed by atoms with E-state index in [0.717, 1.165) is 12.1 Å².